The van der Waals surface area contributed by atoms with Gasteiger partial charge in [-0.25, -0.2) is 4.98 Å². The summed E-state index contributed by atoms with van der Waals surface area (Å²) < 4.78 is 40.9. The second kappa shape index (κ2) is 9.02. The van der Waals surface area contributed by atoms with E-state index in [9.17, 15) is 13.2 Å². The molecule has 26 heavy (non-hydrogen) atoms. The maximum Gasteiger partial charge on any atom is 0.422 e. The maximum atomic E-state index is 12.1. The standard InChI is InChI=1S/C14H16F3N3O.C4H11N/c1-10-5-6-18-9-20(10)7-12-3-4-13(19-11(12)2)21-8-14(15,16)17;1-4(2,3)5/h3-6H,7-9H2,1-2H3;5H2,1-3H3. The summed E-state index contributed by atoms with van der Waals surface area (Å²) in [7, 11) is 0. The number of halogens is 3. The largest absolute Gasteiger partial charge is 0.468 e. The first-order chi connectivity index (χ1) is 11.8. The summed E-state index contributed by atoms with van der Waals surface area (Å²) in [4.78, 5) is 10.3. The molecule has 1 aliphatic rings. The van der Waals surface area contributed by atoms with E-state index in [1.54, 1.807) is 19.2 Å². The quantitative estimate of drug-likeness (QED) is 0.873. The molecule has 0 aliphatic carbocycles. The van der Waals surface area contributed by atoms with Crippen molar-refractivity contribution in [1.29, 1.82) is 0 Å². The first-order valence-electron chi connectivity index (χ1n) is 8.22. The van der Waals surface area contributed by atoms with Gasteiger partial charge in [0.1, 0.15) is 6.67 Å². The molecule has 1 aromatic rings. The zero-order chi connectivity index (χ0) is 20.0. The number of allylic oxidation sites excluding steroid dienone is 2. The Hall–Kier alpha value is -2.09. The topological polar surface area (TPSA) is 63.7 Å². The summed E-state index contributed by atoms with van der Waals surface area (Å²) in [6.45, 7) is 9.47. The molecule has 0 saturated carbocycles. The van der Waals surface area contributed by atoms with E-state index in [4.69, 9.17) is 5.73 Å². The van der Waals surface area contributed by atoms with E-state index in [-0.39, 0.29) is 11.4 Å². The minimum Gasteiger partial charge on any atom is -0.468 e. The highest BCUT2D eigenvalue weighted by molar-refractivity contribution is 5.72. The van der Waals surface area contributed by atoms with E-state index in [2.05, 4.69) is 19.6 Å². The first-order valence-corrected chi connectivity index (χ1v) is 8.22. The molecule has 0 fully saturated rings. The number of ether oxygens (including phenoxy) is 1. The number of alkyl halides is 3. The minimum absolute atomic E-state index is 0. The molecule has 8 heteroatoms. The van der Waals surface area contributed by atoms with E-state index < -0.39 is 12.8 Å². The third-order valence-electron chi connectivity index (χ3n) is 3.09. The second-order valence-electron chi connectivity index (χ2n) is 7.14. The van der Waals surface area contributed by atoms with Gasteiger partial charge in [-0.05, 0) is 46.3 Å². The van der Waals surface area contributed by atoms with Gasteiger partial charge in [-0.2, -0.15) is 13.2 Å². The molecule has 0 aromatic carbocycles. The van der Waals surface area contributed by atoms with E-state index >= 15 is 0 Å². The van der Waals surface area contributed by atoms with Crippen molar-refractivity contribution in [2.45, 2.75) is 52.9 Å². The minimum atomic E-state index is -4.36. The Morgan fingerprint density at radius 1 is 1.19 bits per heavy atom. The van der Waals surface area contributed by atoms with Crippen molar-refractivity contribution in [3.8, 4) is 5.88 Å². The summed E-state index contributed by atoms with van der Waals surface area (Å²) in [6, 6.07) is 3.19. The molecule has 1 aliphatic heterocycles. The lowest BCUT2D eigenvalue weighted by atomic mass is 10.1. The molecule has 2 heterocycles. The predicted octanol–water partition coefficient (Wildman–Crippen LogP) is 3.82. The molecule has 0 spiro atoms. The van der Waals surface area contributed by atoms with Crippen molar-refractivity contribution in [3.63, 3.8) is 0 Å². The number of aromatic nitrogens is 1. The summed E-state index contributed by atoms with van der Waals surface area (Å²) in [5.41, 5.74) is 8.02. The molecule has 2 rings (SSSR count). The molecule has 0 atom stereocenters. The molecule has 0 radical (unpaired) electrons. The highest BCUT2D eigenvalue weighted by Gasteiger charge is 2.28. The molecular weight excluding hydrogens is 345 g/mol. The first kappa shape index (κ1) is 22.0. The zero-order valence-corrected chi connectivity index (χ0v) is 15.9. The summed E-state index contributed by atoms with van der Waals surface area (Å²) >= 11 is 0. The third kappa shape index (κ3) is 9.41. The van der Waals surface area contributed by atoms with Gasteiger partial charge in [0.15, 0.2) is 6.61 Å². The SMILES string of the molecule is CC(C)(C)N.CC1=CC=NCN1Cc1ccc(OCC(F)(F)F)nc1C. The van der Waals surface area contributed by atoms with Gasteiger partial charge < -0.3 is 15.4 Å². The highest BCUT2D eigenvalue weighted by atomic mass is 19.4. The summed E-state index contributed by atoms with van der Waals surface area (Å²) in [6.07, 6.45) is -0.694. The number of aryl methyl sites for hydroxylation is 1. The molecule has 0 amide bonds. The lowest BCUT2D eigenvalue weighted by Gasteiger charge is -2.26. The second-order valence-corrected chi connectivity index (χ2v) is 7.14. The van der Waals surface area contributed by atoms with Crippen LogP contribution in [-0.2, 0) is 6.54 Å². The van der Waals surface area contributed by atoms with E-state index in [0.29, 0.717) is 18.9 Å². The molecule has 0 saturated heterocycles. The number of hydrogen-bond donors (Lipinski definition) is 1. The number of aliphatic imine (C=N–C) groups is 1. The fourth-order valence-electron chi connectivity index (χ4n) is 1.87. The van der Waals surface area contributed by atoms with Crippen molar-refractivity contribution in [2.24, 2.45) is 10.7 Å². The summed E-state index contributed by atoms with van der Waals surface area (Å²) in [5.74, 6) is -0.0162. The van der Waals surface area contributed by atoms with Gasteiger partial charge in [-0.3, -0.25) is 4.99 Å². The Morgan fingerprint density at radius 3 is 2.31 bits per heavy atom. The Bertz CT molecular complexity index is 643. The maximum absolute atomic E-state index is 12.1. The Kier molecular flexibility index (Phi) is 7.62. The molecular formula is C18H27F3N4O. The molecule has 146 valence electrons. The fourth-order valence-corrected chi connectivity index (χ4v) is 1.87. The Labute approximate surface area is 152 Å². The van der Waals surface area contributed by atoms with E-state index in [1.807, 2.05) is 33.8 Å². The van der Waals surface area contributed by atoms with Crippen molar-refractivity contribution in [2.75, 3.05) is 13.3 Å². The average molecular weight is 372 g/mol. The Balaban J connectivity index is 0.000000597. The smallest absolute Gasteiger partial charge is 0.422 e. The van der Waals surface area contributed by atoms with Crippen molar-refractivity contribution in [3.05, 3.63) is 35.2 Å². The van der Waals surface area contributed by atoms with Crippen molar-refractivity contribution in [1.82, 2.24) is 9.88 Å². The van der Waals surface area contributed by atoms with Crippen LogP contribution in [0.3, 0.4) is 0 Å². The van der Waals surface area contributed by atoms with Crippen LogP contribution in [0.1, 0.15) is 39.0 Å². The van der Waals surface area contributed by atoms with Crippen LogP contribution in [0, 0.1) is 6.92 Å². The van der Waals surface area contributed by atoms with Gasteiger partial charge >= 0.3 is 6.18 Å². The van der Waals surface area contributed by atoms with E-state index in [0.717, 1.165) is 11.3 Å². The van der Waals surface area contributed by atoms with Crippen LogP contribution in [0.25, 0.3) is 0 Å². The third-order valence-corrected chi connectivity index (χ3v) is 3.09. The van der Waals surface area contributed by atoms with Crippen molar-refractivity contribution >= 4 is 6.21 Å². The van der Waals surface area contributed by atoms with Gasteiger partial charge in [-0.15, -0.1) is 0 Å². The van der Waals surface area contributed by atoms with Crippen LogP contribution in [0.2, 0.25) is 0 Å². The van der Waals surface area contributed by atoms with Crippen LogP contribution >= 0.6 is 0 Å². The van der Waals surface area contributed by atoms with Crippen LogP contribution in [0.5, 0.6) is 5.88 Å². The molecule has 0 bridgehead atoms. The molecule has 0 unspecified atom stereocenters. The van der Waals surface area contributed by atoms with Gasteiger partial charge in [0.2, 0.25) is 5.88 Å². The van der Waals surface area contributed by atoms with Gasteiger partial charge in [0.05, 0.1) is 0 Å². The van der Waals surface area contributed by atoms with Gasteiger partial charge in [0.25, 0.3) is 0 Å². The highest BCUT2D eigenvalue weighted by Crippen LogP contribution is 2.20. The Morgan fingerprint density at radius 2 is 1.81 bits per heavy atom. The van der Waals surface area contributed by atoms with Gasteiger partial charge in [-0.1, -0.05) is 6.07 Å². The fraction of sp³-hybridized carbons (Fsp3) is 0.556. The molecule has 5 nitrogen and oxygen atoms in total. The number of nitrogens with zero attached hydrogens (tertiary/aromatic N) is 3. The van der Waals surface area contributed by atoms with Crippen LogP contribution in [0.15, 0.2) is 28.9 Å². The van der Waals surface area contributed by atoms with Crippen LogP contribution in [0.4, 0.5) is 13.2 Å². The number of pyridine rings is 1. The number of nitrogens with two attached hydrogens (primary N) is 1. The zero-order valence-electron chi connectivity index (χ0n) is 15.9. The average Bonchev–Trinajstić information content (AvgIpc) is 2.47. The lowest BCUT2D eigenvalue weighted by molar-refractivity contribution is -0.154. The van der Waals surface area contributed by atoms with E-state index in [1.165, 1.54) is 6.07 Å². The molecule has 1 aromatic heterocycles. The number of rotatable bonds is 4. The van der Waals surface area contributed by atoms with Gasteiger partial charge in [0, 0.05) is 35.8 Å². The lowest BCUT2D eigenvalue weighted by Crippen LogP contribution is -2.26. The van der Waals surface area contributed by atoms with Crippen LogP contribution < -0.4 is 10.5 Å². The monoisotopic (exact) mass is 372 g/mol. The van der Waals surface area contributed by atoms with Crippen molar-refractivity contribution < 1.29 is 17.9 Å². The normalized spacial score (nSPS) is 14.5. The predicted molar refractivity (Wildman–Crippen MR) is 97.1 cm³/mol. The number of hydrogen-bond acceptors (Lipinski definition) is 5. The van der Waals surface area contributed by atoms with Crippen LogP contribution in [-0.4, -0.2) is 41.1 Å². The summed E-state index contributed by atoms with van der Waals surface area (Å²) in [5, 5.41) is 0. The molecule has 2 N–H and O–H groups in total.